The molecule has 6 nitrogen and oxygen atoms in total. The summed E-state index contributed by atoms with van der Waals surface area (Å²) in [4.78, 5) is 24.6. The minimum atomic E-state index is -2.67. The van der Waals surface area contributed by atoms with E-state index in [9.17, 15) is 13.6 Å². The van der Waals surface area contributed by atoms with Crippen molar-refractivity contribution in [3.8, 4) is 0 Å². The van der Waals surface area contributed by atoms with Gasteiger partial charge in [-0.1, -0.05) is 0 Å². The van der Waals surface area contributed by atoms with E-state index in [0.717, 1.165) is 22.2 Å². The molecular weight excluding hydrogens is 360 g/mol. The molecule has 1 aliphatic rings. The maximum absolute atomic E-state index is 13.4. The number of hydrogen-bond acceptors (Lipinski definition) is 5. The molecule has 3 aromatic rings. The van der Waals surface area contributed by atoms with Gasteiger partial charge in [0, 0.05) is 23.9 Å². The average molecular weight is 377 g/mol. The summed E-state index contributed by atoms with van der Waals surface area (Å²) in [6, 6.07) is 5.15. The van der Waals surface area contributed by atoms with Crippen molar-refractivity contribution >= 4 is 23.0 Å². The van der Waals surface area contributed by atoms with E-state index in [4.69, 9.17) is 0 Å². The van der Waals surface area contributed by atoms with Crippen LogP contribution in [0.2, 0.25) is 0 Å². The Balaban J connectivity index is 1.61. The molecule has 4 heterocycles. The number of carbonyl (C=O) groups is 1. The lowest BCUT2D eigenvalue weighted by Gasteiger charge is -2.32. The first-order valence-electron chi connectivity index (χ1n) is 8.37. The third-order valence-electron chi connectivity index (χ3n) is 4.60. The summed E-state index contributed by atoms with van der Waals surface area (Å²) in [7, 11) is 0. The van der Waals surface area contributed by atoms with Crippen LogP contribution >= 0.6 is 11.3 Å². The molecule has 1 saturated heterocycles. The summed E-state index contributed by atoms with van der Waals surface area (Å²) in [5, 5.41) is 3.81. The Morgan fingerprint density at radius 3 is 2.96 bits per heavy atom. The number of fused-ring (bicyclic) bond motifs is 1. The summed E-state index contributed by atoms with van der Waals surface area (Å²) in [6.45, 7) is 3.10. The topological polar surface area (TPSA) is 63.4 Å². The standard InChI is InChI=1S/C17H17F2N5OS/c1-10-4-5-14(26-10)16(25)23-6-2-3-11(8-23)12-7-13(15(18)19)24-17(22-12)20-9-21-24/h4-5,7,9,11,15H,2-3,6,8H2,1H3/t11-/m0/s1. The largest absolute Gasteiger partial charge is 0.337 e. The van der Waals surface area contributed by atoms with Gasteiger partial charge in [0.25, 0.3) is 18.1 Å². The molecule has 26 heavy (non-hydrogen) atoms. The smallest absolute Gasteiger partial charge is 0.280 e. The fourth-order valence-electron chi connectivity index (χ4n) is 3.33. The highest BCUT2D eigenvalue weighted by Gasteiger charge is 2.28. The van der Waals surface area contributed by atoms with Crippen molar-refractivity contribution in [3.63, 3.8) is 0 Å². The van der Waals surface area contributed by atoms with Crippen LogP contribution < -0.4 is 0 Å². The predicted molar refractivity (Wildman–Crippen MR) is 92.7 cm³/mol. The van der Waals surface area contributed by atoms with Gasteiger partial charge < -0.3 is 4.90 Å². The predicted octanol–water partition coefficient (Wildman–Crippen LogP) is 3.45. The summed E-state index contributed by atoms with van der Waals surface area (Å²) in [6.07, 6.45) is 0.155. The molecule has 1 aliphatic heterocycles. The third kappa shape index (κ3) is 3.07. The SMILES string of the molecule is Cc1ccc(C(=O)N2CCC[C@H](c3cc(C(F)F)n4ncnc4n3)C2)s1. The zero-order chi connectivity index (χ0) is 18.3. The highest BCUT2D eigenvalue weighted by atomic mass is 32.1. The Hall–Kier alpha value is -2.42. The van der Waals surface area contributed by atoms with Crippen LogP contribution in [-0.4, -0.2) is 43.5 Å². The first-order valence-corrected chi connectivity index (χ1v) is 9.19. The number of piperidine rings is 1. The van der Waals surface area contributed by atoms with E-state index in [2.05, 4.69) is 15.1 Å². The lowest BCUT2D eigenvalue weighted by Crippen LogP contribution is -2.39. The highest BCUT2D eigenvalue weighted by molar-refractivity contribution is 7.13. The minimum absolute atomic E-state index is 0.00885. The minimum Gasteiger partial charge on any atom is -0.337 e. The van der Waals surface area contributed by atoms with E-state index in [1.807, 2.05) is 19.1 Å². The second kappa shape index (κ2) is 6.71. The number of thiophene rings is 1. The molecule has 1 fully saturated rings. The Labute approximate surface area is 152 Å². The van der Waals surface area contributed by atoms with Gasteiger partial charge in [-0.2, -0.15) is 14.6 Å². The number of aryl methyl sites for hydroxylation is 1. The van der Waals surface area contributed by atoms with Gasteiger partial charge in [-0.05, 0) is 38.0 Å². The zero-order valence-electron chi connectivity index (χ0n) is 14.1. The van der Waals surface area contributed by atoms with E-state index < -0.39 is 6.43 Å². The van der Waals surface area contributed by atoms with Gasteiger partial charge in [-0.3, -0.25) is 4.79 Å². The number of alkyl halides is 2. The van der Waals surface area contributed by atoms with Gasteiger partial charge in [0.2, 0.25) is 0 Å². The van der Waals surface area contributed by atoms with Gasteiger partial charge in [0.05, 0.1) is 10.6 Å². The lowest BCUT2D eigenvalue weighted by atomic mass is 9.94. The van der Waals surface area contributed by atoms with Crippen molar-refractivity contribution in [1.29, 1.82) is 0 Å². The van der Waals surface area contributed by atoms with Crippen LogP contribution in [0.5, 0.6) is 0 Å². The van der Waals surface area contributed by atoms with Crippen LogP contribution in [0.15, 0.2) is 24.5 Å². The number of aromatic nitrogens is 4. The Morgan fingerprint density at radius 2 is 2.23 bits per heavy atom. The highest BCUT2D eigenvalue weighted by Crippen LogP contribution is 2.30. The molecule has 0 unspecified atom stereocenters. The Morgan fingerprint density at radius 1 is 1.38 bits per heavy atom. The van der Waals surface area contributed by atoms with Crippen LogP contribution in [0.1, 0.15) is 51.1 Å². The quantitative estimate of drug-likeness (QED) is 0.701. The van der Waals surface area contributed by atoms with E-state index in [1.54, 1.807) is 4.90 Å². The monoisotopic (exact) mass is 377 g/mol. The fourth-order valence-corrected chi connectivity index (χ4v) is 4.16. The van der Waals surface area contributed by atoms with E-state index in [-0.39, 0.29) is 23.3 Å². The van der Waals surface area contributed by atoms with Gasteiger partial charge in [0.1, 0.15) is 12.0 Å². The number of rotatable bonds is 3. The number of likely N-dealkylation sites (tertiary alicyclic amines) is 1. The van der Waals surface area contributed by atoms with Crippen LogP contribution in [0.4, 0.5) is 8.78 Å². The van der Waals surface area contributed by atoms with E-state index in [0.29, 0.717) is 23.7 Å². The van der Waals surface area contributed by atoms with Crippen molar-refractivity contribution < 1.29 is 13.6 Å². The van der Waals surface area contributed by atoms with Crippen LogP contribution in [0.3, 0.4) is 0 Å². The molecule has 136 valence electrons. The Bertz CT molecular complexity index is 954. The van der Waals surface area contributed by atoms with Gasteiger partial charge in [0.15, 0.2) is 0 Å². The molecule has 4 rings (SSSR count). The molecule has 0 aliphatic carbocycles. The van der Waals surface area contributed by atoms with Gasteiger partial charge in [-0.25, -0.2) is 13.8 Å². The molecule has 0 N–H and O–H groups in total. The number of carbonyl (C=O) groups excluding carboxylic acids is 1. The zero-order valence-corrected chi connectivity index (χ0v) is 14.9. The molecule has 0 aromatic carbocycles. The van der Waals surface area contributed by atoms with Gasteiger partial charge >= 0.3 is 0 Å². The molecule has 1 amide bonds. The van der Waals surface area contributed by atoms with Gasteiger partial charge in [-0.15, -0.1) is 11.3 Å². The summed E-state index contributed by atoms with van der Waals surface area (Å²) in [5.41, 5.74) is 0.320. The number of hydrogen-bond donors (Lipinski definition) is 0. The molecular formula is C17H17F2N5OS. The molecule has 1 atom stereocenters. The second-order valence-corrected chi connectivity index (χ2v) is 7.67. The van der Waals surface area contributed by atoms with Crippen molar-refractivity contribution in [2.45, 2.75) is 32.1 Å². The fraction of sp³-hybridized carbons (Fsp3) is 0.412. The molecule has 3 aromatic heterocycles. The maximum Gasteiger partial charge on any atom is 0.280 e. The summed E-state index contributed by atoms with van der Waals surface area (Å²) >= 11 is 1.47. The molecule has 9 heteroatoms. The van der Waals surface area contributed by atoms with Crippen molar-refractivity contribution in [2.24, 2.45) is 0 Å². The van der Waals surface area contributed by atoms with Crippen LogP contribution in [-0.2, 0) is 0 Å². The Kier molecular flexibility index (Phi) is 4.39. The molecule has 0 radical (unpaired) electrons. The van der Waals surface area contributed by atoms with E-state index in [1.165, 1.54) is 23.7 Å². The number of halogens is 2. The maximum atomic E-state index is 13.4. The van der Waals surface area contributed by atoms with Crippen LogP contribution in [0.25, 0.3) is 5.78 Å². The van der Waals surface area contributed by atoms with E-state index >= 15 is 0 Å². The lowest BCUT2D eigenvalue weighted by molar-refractivity contribution is 0.0710. The molecule has 0 bridgehead atoms. The van der Waals surface area contributed by atoms with Crippen molar-refractivity contribution in [1.82, 2.24) is 24.5 Å². The van der Waals surface area contributed by atoms with Crippen LogP contribution in [0, 0.1) is 6.92 Å². The third-order valence-corrected chi connectivity index (χ3v) is 5.59. The normalized spacial score (nSPS) is 18.0. The number of nitrogens with zero attached hydrogens (tertiary/aromatic N) is 5. The number of amides is 1. The van der Waals surface area contributed by atoms with Crippen molar-refractivity contribution in [2.75, 3.05) is 13.1 Å². The second-order valence-electron chi connectivity index (χ2n) is 6.38. The van der Waals surface area contributed by atoms with Crippen molar-refractivity contribution in [3.05, 3.63) is 45.7 Å². The molecule has 0 spiro atoms. The first-order chi connectivity index (χ1) is 12.5. The summed E-state index contributed by atoms with van der Waals surface area (Å²) in [5.74, 6) is 0.0635. The summed E-state index contributed by atoms with van der Waals surface area (Å²) < 4.78 is 27.8. The first kappa shape index (κ1) is 17.0. The average Bonchev–Trinajstić information content (AvgIpc) is 3.28. The molecule has 0 saturated carbocycles.